The maximum atomic E-state index is 13.5. The van der Waals surface area contributed by atoms with Gasteiger partial charge < -0.3 is 4.90 Å². The number of carbonyl (C=O) groups excluding carboxylic acids is 1. The number of hydrogen-bond donors (Lipinski definition) is 0. The van der Waals surface area contributed by atoms with Crippen molar-refractivity contribution in [3.8, 4) is 5.82 Å². The van der Waals surface area contributed by atoms with E-state index in [1.165, 1.54) is 6.92 Å². The zero-order valence-corrected chi connectivity index (χ0v) is 18.2. The molecule has 0 spiro atoms. The number of nitrogens with zero attached hydrogens (tertiary/aromatic N) is 5. The normalized spacial score (nSPS) is 16.4. The van der Waals surface area contributed by atoms with Gasteiger partial charge in [-0.3, -0.25) is 4.79 Å². The first-order valence-corrected chi connectivity index (χ1v) is 11.5. The van der Waals surface area contributed by atoms with Gasteiger partial charge in [0.05, 0.1) is 23.4 Å². The van der Waals surface area contributed by atoms with Crippen LogP contribution >= 0.6 is 0 Å². The number of alkyl halides is 5. The molecule has 0 unspecified atom stereocenters. The molecule has 0 radical (unpaired) electrons. The SMILES string of the molecule is CCS(=O)(=O)c1cc(C(=O)N2CCC(F)(F)C2)cnc1-n1nc2ccc(C(F)(F)F)cn2c1=O. The second-order valence-electron chi connectivity index (χ2n) is 7.62. The molecular formula is C19H16F5N5O4S. The lowest BCUT2D eigenvalue weighted by molar-refractivity contribution is -0.137. The predicted octanol–water partition coefficient (Wildman–Crippen LogP) is 2.17. The Hall–Kier alpha value is -3.36. The molecule has 0 bridgehead atoms. The third-order valence-electron chi connectivity index (χ3n) is 5.30. The Labute approximate surface area is 188 Å². The molecule has 1 amide bonds. The maximum Gasteiger partial charge on any atom is 0.417 e. The highest BCUT2D eigenvalue weighted by molar-refractivity contribution is 7.91. The number of carbonyl (C=O) groups is 1. The first kappa shape index (κ1) is 23.8. The largest absolute Gasteiger partial charge is 0.417 e. The molecule has 34 heavy (non-hydrogen) atoms. The number of sulfone groups is 1. The fourth-order valence-corrected chi connectivity index (χ4v) is 4.50. The average Bonchev–Trinajstić information content (AvgIpc) is 3.31. The van der Waals surface area contributed by atoms with Gasteiger partial charge in [0, 0.05) is 25.4 Å². The van der Waals surface area contributed by atoms with Crippen molar-refractivity contribution in [2.45, 2.75) is 30.3 Å². The molecular weight excluding hydrogens is 489 g/mol. The predicted molar refractivity (Wildman–Crippen MR) is 107 cm³/mol. The standard InChI is InChI=1S/C19H16F5N5O4S/c1-2-34(32,33)13-7-11(16(30)27-6-5-18(20,21)10-27)8-25-15(13)29-17(31)28-9-12(19(22,23)24)3-4-14(28)26-29/h3-4,7-9H,2,5-6,10H2,1H3. The fourth-order valence-electron chi connectivity index (χ4n) is 3.47. The minimum absolute atomic E-state index is 0.209. The van der Waals surface area contributed by atoms with Gasteiger partial charge >= 0.3 is 11.9 Å². The lowest BCUT2D eigenvalue weighted by Crippen LogP contribution is -2.32. The molecule has 3 aromatic rings. The molecule has 0 N–H and O–H groups in total. The summed E-state index contributed by atoms with van der Waals surface area (Å²) in [7, 11) is -4.14. The van der Waals surface area contributed by atoms with Crippen molar-refractivity contribution in [2.75, 3.05) is 18.8 Å². The van der Waals surface area contributed by atoms with Gasteiger partial charge in [0.2, 0.25) is 0 Å². The monoisotopic (exact) mass is 505 g/mol. The van der Waals surface area contributed by atoms with E-state index < -0.39 is 68.5 Å². The number of pyridine rings is 2. The van der Waals surface area contributed by atoms with Crippen molar-refractivity contribution in [2.24, 2.45) is 0 Å². The zero-order valence-electron chi connectivity index (χ0n) is 17.4. The van der Waals surface area contributed by atoms with Crippen LogP contribution in [0, 0.1) is 0 Å². The zero-order chi connectivity index (χ0) is 25.1. The van der Waals surface area contributed by atoms with Gasteiger partial charge in [0.15, 0.2) is 21.3 Å². The molecule has 4 rings (SSSR count). The number of rotatable bonds is 4. The molecule has 3 aromatic heterocycles. The number of amides is 1. The third-order valence-corrected chi connectivity index (χ3v) is 7.03. The number of halogens is 5. The molecule has 1 fully saturated rings. The van der Waals surface area contributed by atoms with Crippen LogP contribution < -0.4 is 5.69 Å². The highest BCUT2D eigenvalue weighted by Crippen LogP contribution is 2.30. The first-order valence-electron chi connectivity index (χ1n) is 9.82. The van der Waals surface area contributed by atoms with Gasteiger partial charge in [0.25, 0.3) is 11.8 Å². The summed E-state index contributed by atoms with van der Waals surface area (Å²) in [6, 6.07) is 2.54. The molecule has 182 valence electrons. The van der Waals surface area contributed by atoms with E-state index in [0.29, 0.717) is 21.3 Å². The quantitative estimate of drug-likeness (QED) is 0.504. The summed E-state index contributed by atoms with van der Waals surface area (Å²) in [5.41, 5.74) is -2.76. The summed E-state index contributed by atoms with van der Waals surface area (Å²) in [5.74, 6) is -4.95. The molecule has 0 atom stereocenters. The highest BCUT2D eigenvalue weighted by atomic mass is 32.2. The van der Waals surface area contributed by atoms with Crippen LogP contribution in [0.4, 0.5) is 22.0 Å². The molecule has 15 heteroatoms. The van der Waals surface area contributed by atoms with Gasteiger partial charge in [-0.1, -0.05) is 6.92 Å². The van der Waals surface area contributed by atoms with Gasteiger partial charge in [-0.25, -0.2) is 31.4 Å². The van der Waals surface area contributed by atoms with Crippen LogP contribution in [-0.2, 0) is 16.0 Å². The minimum Gasteiger partial charge on any atom is -0.332 e. The van der Waals surface area contributed by atoms with E-state index in [0.717, 1.165) is 23.2 Å². The molecule has 1 saturated heterocycles. The van der Waals surface area contributed by atoms with E-state index >= 15 is 0 Å². The van der Waals surface area contributed by atoms with Crippen molar-refractivity contribution in [3.05, 3.63) is 52.2 Å². The van der Waals surface area contributed by atoms with Crippen LogP contribution in [0.2, 0.25) is 0 Å². The Morgan fingerprint density at radius 2 is 1.94 bits per heavy atom. The lowest BCUT2D eigenvalue weighted by atomic mass is 10.2. The van der Waals surface area contributed by atoms with Crippen molar-refractivity contribution in [1.29, 1.82) is 0 Å². The molecule has 4 heterocycles. The summed E-state index contributed by atoms with van der Waals surface area (Å²) in [6.07, 6.45) is -3.86. The van der Waals surface area contributed by atoms with Crippen molar-refractivity contribution < 1.29 is 35.2 Å². The molecule has 1 aliphatic heterocycles. The molecule has 9 nitrogen and oxygen atoms in total. The average molecular weight is 505 g/mol. The van der Waals surface area contributed by atoms with Gasteiger partial charge in [0.1, 0.15) is 4.90 Å². The Balaban J connectivity index is 1.85. The van der Waals surface area contributed by atoms with Crippen LogP contribution in [0.15, 0.2) is 40.3 Å². The van der Waals surface area contributed by atoms with Crippen molar-refractivity contribution in [3.63, 3.8) is 0 Å². The Morgan fingerprint density at radius 1 is 1.24 bits per heavy atom. The van der Waals surface area contributed by atoms with E-state index in [1.807, 2.05) is 0 Å². The van der Waals surface area contributed by atoms with Crippen molar-refractivity contribution >= 4 is 21.4 Å². The first-order chi connectivity index (χ1) is 15.7. The Morgan fingerprint density at radius 3 is 2.53 bits per heavy atom. The van der Waals surface area contributed by atoms with E-state index in [2.05, 4.69) is 10.1 Å². The Kier molecular flexibility index (Phi) is 5.49. The summed E-state index contributed by atoms with van der Waals surface area (Å²) in [4.78, 5) is 29.6. The second-order valence-corrected chi connectivity index (χ2v) is 9.87. The fraction of sp³-hybridized carbons (Fsp3) is 0.368. The Bertz CT molecular complexity index is 1460. The molecule has 1 aliphatic rings. The van der Waals surface area contributed by atoms with E-state index in [4.69, 9.17) is 0 Å². The van der Waals surface area contributed by atoms with Gasteiger partial charge in [-0.15, -0.1) is 5.10 Å². The number of likely N-dealkylation sites (tertiary alicyclic amines) is 1. The molecule has 0 aromatic carbocycles. The smallest absolute Gasteiger partial charge is 0.332 e. The van der Waals surface area contributed by atoms with E-state index in [1.54, 1.807) is 0 Å². The summed E-state index contributed by atoms with van der Waals surface area (Å²) in [6.45, 7) is 0.213. The van der Waals surface area contributed by atoms with Crippen LogP contribution in [0.3, 0.4) is 0 Å². The van der Waals surface area contributed by atoms with Crippen molar-refractivity contribution in [1.82, 2.24) is 24.1 Å². The van der Waals surface area contributed by atoms with Gasteiger partial charge in [-0.2, -0.15) is 17.9 Å². The third kappa shape index (κ3) is 4.15. The van der Waals surface area contributed by atoms with Crippen LogP contribution in [0.1, 0.15) is 29.3 Å². The maximum absolute atomic E-state index is 13.5. The lowest BCUT2D eigenvalue weighted by Gasteiger charge is -2.17. The number of fused-ring (bicyclic) bond motifs is 1. The van der Waals surface area contributed by atoms with E-state index in [-0.39, 0.29) is 17.8 Å². The molecule has 0 saturated carbocycles. The number of aromatic nitrogens is 4. The topological polar surface area (TPSA) is 107 Å². The second kappa shape index (κ2) is 7.85. The van der Waals surface area contributed by atoms with Gasteiger partial charge in [-0.05, 0) is 18.2 Å². The van der Waals surface area contributed by atoms with Crippen LogP contribution in [0.5, 0.6) is 0 Å². The van der Waals surface area contributed by atoms with Crippen LogP contribution in [-0.4, -0.2) is 63.2 Å². The summed E-state index contributed by atoms with van der Waals surface area (Å²) >= 11 is 0. The summed E-state index contributed by atoms with van der Waals surface area (Å²) < 4.78 is 92.6. The number of hydrogen-bond acceptors (Lipinski definition) is 6. The summed E-state index contributed by atoms with van der Waals surface area (Å²) in [5, 5.41) is 3.86. The highest BCUT2D eigenvalue weighted by Gasteiger charge is 2.41. The molecule has 0 aliphatic carbocycles. The minimum atomic E-state index is -4.74. The van der Waals surface area contributed by atoms with Crippen LogP contribution in [0.25, 0.3) is 11.5 Å². The van der Waals surface area contributed by atoms with E-state index in [9.17, 15) is 40.0 Å².